The van der Waals surface area contributed by atoms with E-state index in [2.05, 4.69) is 29.9 Å². The summed E-state index contributed by atoms with van der Waals surface area (Å²) >= 11 is 12.1. The Morgan fingerprint density at radius 3 is 2.19 bits per heavy atom. The van der Waals surface area contributed by atoms with Crippen LogP contribution in [0.2, 0.25) is 10.0 Å². The third kappa shape index (κ3) is 3.70. The SMILES string of the molecule is FC(F)(F)c1nc(-c2cnc(NC3(c4cc(Cl)cc(Cl)c4)CC3)nc2)no1. The molecule has 3 aromatic rings. The van der Waals surface area contributed by atoms with Crippen molar-refractivity contribution in [2.75, 3.05) is 5.32 Å². The molecule has 0 unspecified atom stereocenters. The molecular weight excluding hydrogens is 406 g/mol. The van der Waals surface area contributed by atoms with Gasteiger partial charge in [-0.3, -0.25) is 0 Å². The molecule has 2 heterocycles. The minimum atomic E-state index is -4.70. The van der Waals surface area contributed by atoms with Gasteiger partial charge in [0.15, 0.2) is 0 Å². The lowest BCUT2D eigenvalue weighted by Gasteiger charge is -2.18. The Hall–Kier alpha value is -2.39. The molecule has 1 aromatic carbocycles. The highest BCUT2D eigenvalue weighted by atomic mass is 35.5. The van der Waals surface area contributed by atoms with Gasteiger partial charge in [-0.2, -0.15) is 18.2 Å². The van der Waals surface area contributed by atoms with Gasteiger partial charge in [0.1, 0.15) is 0 Å². The Morgan fingerprint density at radius 1 is 1.04 bits per heavy atom. The third-order valence-electron chi connectivity index (χ3n) is 4.09. The molecule has 0 radical (unpaired) electrons. The van der Waals surface area contributed by atoms with E-state index in [-0.39, 0.29) is 16.9 Å². The van der Waals surface area contributed by atoms with E-state index in [1.165, 1.54) is 12.4 Å². The van der Waals surface area contributed by atoms with Crippen LogP contribution in [0.3, 0.4) is 0 Å². The number of nitrogens with zero attached hydrogens (tertiary/aromatic N) is 4. The van der Waals surface area contributed by atoms with Crippen molar-refractivity contribution >= 4 is 29.2 Å². The standard InChI is InChI=1S/C16H10Cl2F3N5O/c17-10-3-9(4-11(18)5-10)15(1-2-15)25-14-22-6-8(7-23-14)12-24-13(27-26-12)16(19,20)21/h3-7H,1-2H2,(H,22,23,25). The van der Waals surface area contributed by atoms with Crippen molar-refractivity contribution in [3.63, 3.8) is 0 Å². The summed E-state index contributed by atoms with van der Waals surface area (Å²) in [7, 11) is 0. The summed E-state index contributed by atoms with van der Waals surface area (Å²) in [6, 6.07) is 5.29. The molecule has 1 N–H and O–H groups in total. The number of aromatic nitrogens is 4. The van der Waals surface area contributed by atoms with Crippen LogP contribution in [-0.4, -0.2) is 20.1 Å². The third-order valence-corrected chi connectivity index (χ3v) is 4.53. The second-order valence-corrected chi connectivity index (χ2v) is 6.95. The number of benzene rings is 1. The Balaban J connectivity index is 1.54. The molecule has 0 atom stereocenters. The quantitative estimate of drug-likeness (QED) is 0.649. The summed E-state index contributed by atoms with van der Waals surface area (Å²) < 4.78 is 41.8. The highest BCUT2D eigenvalue weighted by molar-refractivity contribution is 6.34. The maximum Gasteiger partial charge on any atom is 0.471 e. The molecule has 27 heavy (non-hydrogen) atoms. The summed E-state index contributed by atoms with van der Waals surface area (Å²) in [4.78, 5) is 11.6. The van der Waals surface area contributed by atoms with Crippen LogP contribution in [-0.2, 0) is 11.7 Å². The Morgan fingerprint density at radius 2 is 1.67 bits per heavy atom. The molecule has 1 aliphatic rings. The number of rotatable bonds is 4. The molecule has 1 saturated carbocycles. The molecule has 0 bridgehead atoms. The van der Waals surface area contributed by atoms with E-state index >= 15 is 0 Å². The number of hydrogen-bond donors (Lipinski definition) is 1. The van der Waals surface area contributed by atoms with E-state index in [1.54, 1.807) is 6.07 Å². The van der Waals surface area contributed by atoms with Crippen LogP contribution < -0.4 is 5.32 Å². The molecular formula is C16H10Cl2F3N5O. The van der Waals surface area contributed by atoms with Crippen molar-refractivity contribution in [1.29, 1.82) is 0 Å². The number of halogens is 5. The molecule has 0 aliphatic heterocycles. The molecule has 6 nitrogen and oxygen atoms in total. The van der Waals surface area contributed by atoms with E-state index in [1.807, 2.05) is 12.1 Å². The Labute approximate surface area is 160 Å². The number of alkyl halides is 3. The van der Waals surface area contributed by atoms with Gasteiger partial charge in [0.2, 0.25) is 11.8 Å². The van der Waals surface area contributed by atoms with E-state index < -0.39 is 12.1 Å². The fourth-order valence-electron chi connectivity index (χ4n) is 2.62. The minimum Gasteiger partial charge on any atom is -0.345 e. The lowest BCUT2D eigenvalue weighted by Crippen LogP contribution is -2.20. The van der Waals surface area contributed by atoms with Gasteiger partial charge in [-0.05, 0) is 36.6 Å². The van der Waals surface area contributed by atoms with Crippen molar-refractivity contribution in [2.45, 2.75) is 24.6 Å². The van der Waals surface area contributed by atoms with Crippen molar-refractivity contribution in [3.8, 4) is 11.4 Å². The number of nitrogens with one attached hydrogen (secondary N) is 1. The number of anilines is 1. The van der Waals surface area contributed by atoms with Crippen LogP contribution in [0, 0.1) is 0 Å². The maximum atomic E-state index is 12.5. The second-order valence-electron chi connectivity index (χ2n) is 6.08. The second kappa shape index (κ2) is 6.35. The first-order chi connectivity index (χ1) is 12.7. The average Bonchev–Trinajstić information content (AvgIpc) is 3.18. The molecule has 140 valence electrons. The van der Waals surface area contributed by atoms with Crippen LogP contribution in [0.4, 0.5) is 19.1 Å². The van der Waals surface area contributed by atoms with Gasteiger partial charge in [-0.15, -0.1) is 0 Å². The summed E-state index contributed by atoms with van der Waals surface area (Å²) in [6.45, 7) is 0. The van der Waals surface area contributed by atoms with Crippen LogP contribution in [0.15, 0.2) is 35.1 Å². The molecule has 4 rings (SSSR count). The monoisotopic (exact) mass is 415 g/mol. The van der Waals surface area contributed by atoms with Gasteiger partial charge in [-0.25, -0.2) is 9.97 Å². The summed E-state index contributed by atoms with van der Waals surface area (Å²) in [5, 5.41) is 7.58. The fraction of sp³-hybridized carbons (Fsp3) is 0.250. The molecule has 2 aromatic heterocycles. The zero-order valence-electron chi connectivity index (χ0n) is 13.4. The predicted octanol–water partition coefficient (Wildman–Crippen LogP) is 4.95. The predicted molar refractivity (Wildman–Crippen MR) is 91.3 cm³/mol. The van der Waals surface area contributed by atoms with Gasteiger partial charge >= 0.3 is 12.1 Å². The first-order valence-electron chi connectivity index (χ1n) is 7.73. The smallest absolute Gasteiger partial charge is 0.345 e. The van der Waals surface area contributed by atoms with E-state index in [4.69, 9.17) is 23.2 Å². The average molecular weight is 416 g/mol. The molecule has 1 fully saturated rings. The lowest BCUT2D eigenvalue weighted by atomic mass is 10.1. The van der Waals surface area contributed by atoms with Crippen molar-refractivity contribution in [1.82, 2.24) is 20.1 Å². The van der Waals surface area contributed by atoms with Crippen molar-refractivity contribution in [2.24, 2.45) is 0 Å². The summed E-state index contributed by atoms with van der Waals surface area (Å²) in [5.74, 6) is -1.35. The highest BCUT2D eigenvalue weighted by Gasteiger charge is 2.45. The zero-order chi connectivity index (χ0) is 19.2. The normalized spacial score (nSPS) is 15.6. The van der Waals surface area contributed by atoms with E-state index in [0.29, 0.717) is 16.0 Å². The first-order valence-corrected chi connectivity index (χ1v) is 8.49. The van der Waals surface area contributed by atoms with Crippen molar-refractivity contribution in [3.05, 3.63) is 52.1 Å². The van der Waals surface area contributed by atoms with Crippen LogP contribution >= 0.6 is 23.2 Å². The van der Waals surface area contributed by atoms with E-state index in [0.717, 1.165) is 18.4 Å². The van der Waals surface area contributed by atoms with Gasteiger partial charge in [-0.1, -0.05) is 28.4 Å². The lowest BCUT2D eigenvalue weighted by molar-refractivity contribution is -0.159. The molecule has 11 heteroatoms. The van der Waals surface area contributed by atoms with Crippen molar-refractivity contribution < 1.29 is 17.7 Å². The summed E-state index contributed by atoms with van der Waals surface area (Å²) in [6.07, 6.45) is -0.379. The van der Waals surface area contributed by atoms with Gasteiger partial charge in [0.05, 0.1) is 11.1 Å². The zero-order valence-corrected chi connectivity index (χ0v) is 14.9. The first kappa shape index (κ1) is 18.0. The number of hydrogen-bond acceptors (Lipinski definition) is 6. The highest BCUT2D eigenvalue weighted by Crippen LogP contribution is 2.49. The minimum absolute atomic E-state index is 0.204. The maximum absolute atomic E-state index is 12.5. The van der Waals surface area contributed by atoms with Gasteiger partial charge in [0, 0.05) is 22.4 Å². The molecule has 0 spiro atoms. The van der Waals surface area contributed by atoms with Gasteiger partial charge in [0.25, 0.3) is 0 Å². The summed E-state index contributed by atoms with van der Waals surface area (Å²) in [5.41, 5.74) is 0.752. The van der Waals surface area contributed by atoms with Crippen LogP contribution in [0.5, 0.6) is 0 Å². The molecule has 1 aliphatic carbocycles. The van der Waals surface area contributed by atoms with E-state index in [9.17, 15) is 13.2 Å². The fourth-order valence-corrected chi connectivity index (χ4v) is 3.14. The molecule has 0 saturated heterocycles. The Kier molecular flexibility index (Phi) is 4.23. The van der Waals surface area contributed by atoms with Gasteiger partial charge < -0.3 is 9.84 Å². The topological polar surface area (TPSA) is 76.7 Å². The largest absolute Gasteiger partial charge is 0.471 e. The van der Waals surface area contributed by atoms with Crippen LogP contribution in [0.25, 0.3) is 11.4 Å². The molecule has 0 amide bonds. The van der Waals surface area contributed by atoms with Crippen LogP contribution in [0.1, 0.15) is 24.3 Å². The Bertz CT molecular complexity index is 966.